The van der Waals surface area contributed by atoms with E-state index in [4.69, 9.17) is 18.9 Å². The lowest BCUT2D eigenvalue weighted by Gasteiger charge is -2.40. The summed E-state index contributed by atoms with van der Waals surface area (Å²) in [5.74, 6) is -0.857. The standard InChI is InChI=1S/C21H32O5/c1-20(2,3)19(22)24-12-11-17-13-18(26-21(4,5)25-17)15-23-14-16-9-7-6-8-10-16/h6-10,17-18H,11-15H2,1-5H3/t17-,18-/m0/s1. The zero-order valence-corrected chi connectivity index (χ0v) is 16.6. The van der Waals surface area contributed by atoms with Crippen LogP contribution in [0.4, 0.5) is 0 Å². The zero-order valence-electron chi connectivity index (χ0n) is 16.6. The summed E-state index contributed by atoms with van der Waals surface area (Å²) >= 11 is 0. The van der Waals surface area contributed by atoms with Crippen molar-refractivity contribution in [1.82, 2.24) is 0 Å². The van der Waals surface area contributed by atoms with Crippen molar-refractivity contribution in [2.45, 2.75) is 72.1 Å². The first-order valence-electron chi connectivity index (χ1n) is 9.30. The number of benzene rings is 1. The van der Waals surface area contributed by atoms with Crippen LogP contribution in [0.25, 0.3) is 0 Å². The van der Waals surface area contributed by atoms with Gasteiger partial charge >= 0.3 is 5.97 Å². The third kappa shape index (κ3) is 7.06. The van der Waals surface area contributed by atoms with Crippen molar-refractivity contribution in [3.63, 3.8) is 0 Å². The molecular formula is C21H32O5. The van der Waals surface area contributed by atoms with E-state index in [2.05, 4.69) is 0 Å². The van der Waals surface area contributed by atoms with E-state index in [0.717, 1.165) is 12.0 Å². The highest BCUT2D eigenvalue weighted by molar-refractivity contribution is 5.75. The molecule has 2 rings (SSSR count). The molecule has 0 N–H and O–H groups in total. The number of hydrogen-bond donors (Lipinski definition) is 0. The Labute approximate surface area is 157 Å². The van der Waals surface area contributed by atoms with Gasteiger partial charge in [-0.2, -0.15) is 0 Å². The molecule has 0 unspecified atom stereocenters. The molecule has 0 saturated carbocycles. The second-order valence-corrected chi connectivity index (χ2v) is 8.29. The highest BCUT2D eigenvalue weighted by Gasteiger charge is 2.35. The fourth-order valence-electron chi connectivity index (χ4n) is 2.88. The predicted octanol–water partition coefficient (Wildman–Crippen LogP) is 4.09. The van der Waals surface area contributed by atoms with E-state index in [9.17, 15) is 4.79 Å². The van der Waals surface area contributed by atoms with Gasteiger partial charge in [-0.1, -0.05) is 30.3 Å². The monoisotopic (exact) mass is 364 g/mol. The van der Waals surface area contributed by atoms with Crippen LogP contribution < -0.4 is 0 Å². The molecule has 2 atom stereocenters. The highest BCUT2D eigenvalue weighted by atomic mass is 16.7. The average molecular weight is 364 g/mol. The normalized spacial score (nSPS) is 22.8. The van der Waals surface area contributed by atoms with E-state index >= 15 is 0 Å². The molecule has 1 heterocycles. The molecule has 1 aliphatic rings. The smallest absolute Gasteiger partial charge is 0.311 e. The van der Waals surface area contributed by atoms with Crippen LogP contribution in [0.2, 0.25) is 0 Å². The Hall–Kier alpha value is -1.43. The summed E-state index contributed by atoms with van der Waals surface area (Å²) in [5.41, 5.74) is 0.660. The minimum atomic E-state index is -0.669. The molecule has 1 aromatic carbocycles. The minimum absolute atomic E-state index is 0.0168. The van der Waals surface area contributed by atoms with Crippen molar-refractivity contribution in [3.8, 4) is 0 Å². The fraction of sp³-hybridized carbons (Fsp3) is 0.667. The molecule has 5 nitrogen and oxygen atoms in total. The summed E-state index contributed by atoms with van der Waals surface area (Å²) in [6.45, 7) is 10.8. The lowest BCUT2D eigenvalue weighted by molar-refractivity contribution is -0.307. The number of carbonyl (C=O) groups is 1. The Morgan fingerprint density at radius 3 is 2.46 bits per heavy atom. The molecule has 146 valence electrons. The molecule has 26 heavy (non-hydrogen) atoms. The van der Waals surface area contributed by atoms with Gasteiger partial charge in [0.25, 0.3) is 0 Å². The van der Waals surface area contributed by atoms with Gasteiger partial charge in [-0.3, -0.25) is 4.79 Å². The molecule has 5 heteroatoms. The summed E-state index contributed by atoms with van der Waals surface area (Å²) in [4.78, 5) is 11.9. The number of carbonyl (C=O) groups excluding carboxylic acids is 1. The summed E-state index contributed by atoms with van der Waals surface area (Å²) in [5, 5.41) is 0. The van der Waals surface area contributed by atoms with Gasteiger partial charge in [-0.15, -0.1) is 0 Å². The van der Waals surface area contributed by atoms with Crippen LogP contribution in [0.15, 0.2) is 30.3 Å². The molecular weight excluding hydrogens is 332 g/mol. The zero-order chi connectivity index (χ0) is 19.2. The Kier molecular flexibility index (Phi) is 7.21. The molecule has 1 aromatic rings. The molecule has 0 aliphatic carbocycles. The van der Waals surface area contributed by atoms with E-state index < -0.39 is 11.2 Å². The minimum Gasteiger partial charge on any atom is -0.465 e. The fourth-order valence-corrected chi connectivity index (χ4v) is 2.88. The van der Waals surface area contributed by atoms with Crippen LogP contribution >= 0.6 is 0 Å². The largest absolute Gasteiger partial charge is 0.465 e. The molecule has 0 radical (unpaired) electrons. The van der Waals surface area contributed by atoms with Gasteiger partial charge in [0.2, 0.25) is 0 Å². The van der Waals surface area contributed by atoms with E-state index in [1.165, 1.54) is 0 Å². The lowest BCUT2D eigenvalue weighted by atomic mass is 9.97. The maximum atomic E-state index is 11.9. The Morgan fingerprint density at radius 1 is 1.15 bits per heavy atom. The van der Waals surface area contributed by atoms with Crippen LogP contribution in [-0.2, 0) is 30.3 Å². The summed E-state index contributed by atoms with van der Waals surface area (Å²) in [6, 6.07) is 10.1. The van der Waals surface area contributed by atoms with E-state index in [-0.39, 0.29) is 18.2 Å². The van der Waals surface area contributed by atoms with Crippen LogP contribution in [-0.4, -0.2) is 37.2 Å². The lowest BCUT2D eigenvalue weighted by Crippen LogP contribution is -2.46. The molecule has 1 aliphatic heterocycles. The first kappa shape index (κ1) is 20.9. The van der Waals surface area contributed by atoms with E-state index in [0.29, 0.717) is 26.2 Å². The maximum absolute atomic E-state index is 11.9. The summed E-state index contributed by atoms with van der Waals surface area (Å²) in [6.07, 6.45) is 1.33. The number of ether oxygens (including phenoxy) is 4. The van der Waals surface area contributed by atoms with Gasteiger partial charge in [0, 0.05) is 12.8 Å². The molecule has 0 aromatic heterocycles. The van der Waals surface area contributed by atoms with Gasteiger partial charge in [-0.25, -0.2) is 0 Å². The Balaban J connectivity index is 1.77. The van der Waals surface area contributed by atoms with Crippen molar-refractivity contribution in [2.24, 2.45) is 5.41 Å². The van der Waals surface area contributed by atoms with E-state index in [1.807, 2.05) is 65.0 Å². The maximum Gasteiger partial charge on any atom is 0.311 e. The van der Waals surface area contributed by atoms with Gasteiger partial charge < -0.3 is 18.9 Å². The van der Waals surface area contributed by atoms with Crippen LogP contribution in [0, 0.1) is 5.41 Å². The van der Waals surface area contributed by atoms with Crippen LogP contribution in [0.3, 0.4) is 0 Å². The Bertz CT molecular complexity index is 562. The molecule has 0 bridgehead atoms. The molecule has 1 fully saturated rings. The van der Waals surface area contributed by atoms with Crippen LogP contribution in [0.1, 0.15) is 53.0 Å². The first-order valence-corrected chi connectivity index (χ1v) is 9.30. The quantitative estimate of drug-likeness (QED) is 0.682. The van der Waals surface area contributed by atoms with Crippen molar-refractivity contribution in [1.29, 1.82) is 0 Å². The number of esters is 1. The number of rotatable bonds is 7. The average Bonchev–Trinajstić information content (AvgIpc) is 2.53. The van der Waals surface area contributed by atoms with Crippen molar-refractivity contribution >= 4 is 5.97 Å². The topological polar surface area (TPSA) is 54.0 Å². The molecule has 1 saturated heterocycles. The van der Waals surface area contributed by atoms with Gasteiger partial charge in [0.05, 0.1) is 37.4 Å². The van der Waals surface area contributed by atoms with E-state index in [1.54, 1.807) is 0 Å². The number of hydrogen-bond acceptors (Lipinski definition) is 5. The highest BCUT2D eigenvalue weighted by Crippen LogP contribution is 2.29. The third-order valence-electron chi connectivity index (χ3n) is 4.13. The summed E-state index contributed by atoms with van der Waals surface area (Å²) < 4.78 is 23.1. The van der Waals surface area contributed by atoms with Gasteiger partial charge in [0.15, 0.2) is 5.79 Å². The molecule has 0 amide bonds. The van der Waals surface area contributed by atoms with Gasteiger partial charge in [-0.05, 0) is 40.2 Å². The second-order valence-electron chi connectivity index (χ2n) is 8.29. The van der Waals surface area contributed by atoms with Crippen molar-refractivity contribution in [3.05, 3.63) is 35.9 Å². The Morgan fingerprint density at radius 2 is 1.81 bits per heavy atom. The first-order chi connectivity index (χ1) is 12.2. The van der Waals surface area contributed by atoms with Crippen LogP contribution in [0.5, 0.6) is 0 Å². The van der Waals surface area contributed by atoms with Gasteiger partial charge in [0.1, 0.15) is 0 Å². The van der Waals surface area contributed by atoms with Crippen molar-refractivity contribution < 1.29 is 23.7 Å². The predicted molar refractivity (Wildman–Crippen MR) is 99.6 cm³/mol. The second kappa shape index (κ2) is 8.98. The SMILES string of the molecule is CC1(C)O[C@H](COCc2ccccc2)C[C@H](CCOC(=O)C(C)(C)C)O1. The third-order valence-corrected chi connectivity index (χ3v) is 4.13. The van der Waals surface area contributed by atoms with Crippen molar-refractivity contribution in [2.75, 3.05) is 13.2 Å². The summed E-state index contributed by atoms with van der Waals surface area (Å²) in [7, 11) is 0. The molecule has 0 spiro atoms.